The number of hydrogen-bond donors (Lipinski definition) is 1. The van der Waals surface area contributed by atoms with Crippen LogP contribution in [-0.4, -0.2) is 32.6 Å². The molecule has 32 heavy (non-hydrogen) atoms. The van der Waals surface area contributed by atoms with Crippen LogP contribution in [0.1, 0.15) is 35.1 Å². The van der Waals surface area contributed by atoms with E-state index in [-0.39, 0.29) is 28.0 Å². The van der Waals surface area contributed by atoms with E-state index in [1.54, 1.807) is 25.3 Å². The van der Waals surface area contributed by atoms with Gasteiger partial charge in [0.25, 0.3) is 6.01 Å². The van der Waals surface area contributed by atoms with E-state index < -0.39 is 11.5 Å². The number of rotatable bonds is 7. The SMILES string of the molecule is COc1nc2ccc(Oc3c(Cl)cc(CC(=O)c4noc(=O)[nH]4)cc3Cl)cc2n1C1CC1. The Labute approximate surface area is 190 Å². The molecule has 2 aromatic heterocycles. The topological polar surface area (TPSA) is 112 Å². The predicted molar refractivity (Wildman–Crippen MR) is 116 cm³/mol. The van der Waals surface area contributed by atoms with Gasteiger partial charge in [0.2, 0.25) is 11.6 Å². The van der Waals surface area contributed by atoms with Crippen LogP contribution in [0.4, 0.5) is 0 Å². The zero-order valence-corrected chi connectivity index (χ0v) is 18.2. The van der Waals surface area contributed by atoms with Gasteiger partial charge in [-0.15, -0.1) is 0 Å². The Morgan fingerprint density at radius 3 is 2.62 bits per heavy atom. The van der Waals surface area contributed by atoms with Crippen molar-refractivity contribution in [1.29, 1.82) is 0 Å². The molecule has 0 aliphatic heterocycles. The fraction of sp³-hybridized carbons (Fsp3) is 0.238. The molecule has 1 N–H and O–H groups in total. The van der Waals surface area contributed by atoms with Gasteiger partial charge in [-0.25, -0.2) is 4.79 Å². The number of H-pyrrole nitrogens is 1. The van der Waals surface area contributed by atoms with Crippen LogP contribution in [0.15, 0.2) is 39.6 Å². The second kappa shape index (κ2) is 7.99. The molecule has 164 valence electrons. The highest BCUT2D eigenvalue weighted by Crippen LogP contribution is 2.43. The Morgan fingerprint density at radius 1 is 1.25 bits per heavy atom. The Morgan fingerprint density at radius 2 is 2.00 bits per heavy atom. The second-order valence-electron chi connectivity index (χ2n) is 7.38. The van der Waals surface area contributed by atoms with Crippen LogP contribution in [-0.2, 0) is 6.42 Å². The van der Waals surface area contributed by atoms with Gasteiger partial charge < -0.3 is 9.47 Å². The third kappa shape index (κ3) is 3.85. The van der Waals surface area contributed by atoms with Gasteiger partial charge in [-0.3, -0.25) is 18.9 Å². The molecular formula is C21H16Cl2N4O5. The van der Waals surface area contributed by atoms with Crippen molar-refractivity contribution in [2.45, 2.75) is 25.3 Å². The summed E-state index contributed by atoms with van der Waals surface area (Å²) in [6.07, 6.45) is 2.08. The Hall–Kier alpha value is -3.30. The average molecular weight is 475 g/mol. The molecule has 2 aromatic carbocycles. The van der Waals surface area contributed by atoms with E-state index in [4.69, 9.17) is 32.7 Å². The maximum Gasteiger partial charge on any atom is 0.439 e. The first-order valence-electron chi connectivity index (χ1n) is 9.74. The number of carbonyl (C=O) groups excluding carboxylic acids is 1. The number of fused-ring (bicyclic) bond motifs is 1. The largest absolute Gasteiger partial charge is 0.468 e. The molecule has 0 bridgehead atoms. The minimum Gasteiger partial charge on any atom is -0.468 e. The van der Waals surface area contributed by atoms with E-state index in [1.165, 1.54) is 0 Å². The van der Waals surface area contributed by atoms with Crippen LogP contribution < -0.4 is 15.2 Å². The third-order valence-corrected chi connectivity index (χ3v) is 5.63. The molecule has 0 unspecified atom stereocenters. The molecule has 11 heteroatoms. The van der Waals surface area contributed by atoms with Gasteiger partial charge in [0.05, 0.1) is 28.2 Å². The molecule has 1 aliphatic rings. The highest BCUT2D eigenvalue weighted by atomic mass is 35.5. The molecule has 0 amide bonds. The number of ketones is 1. The van der Waals surface area contributed by atoms with Crippen LogP contribution in [0.25, 0.3) is 11.0 Å². The fourth-order valence-corrected chi connectivity index (χ4v) is 4.10. The highest BCUT2D eigenvalue weighted by molar-refractivity contribution is 6.37. The molecule has 0 saturated heterocycles. The van der Waals surface area contributed by atoms with Gasteiger partial charge in [0, 0.05) is 18.5 Å². The molecule has 1 fully saturated rings. The number of methoxy groups -OCH3 is 1. The van der Waals surface area contributed by atoms with Crippen LogP contribution in [0.5, 0.6) is 17.5 Å². The van der Waals surface area contributed by atoms with Crippen molar-refractivity contribution in [2.24, 2.45) is 0 Å². The number of Topliss-reactive ketones (excluding diaryl/α,β-unsaturated/α-hetero) is 1. The first-order chi connectivity index (χ1) is 15.4. The van der Waals surface area contributed by atoms with Crippen LogP contribution >= 0.6 is 23.2 Å². The second-order valence-corrected chi connectivity index (χ2v) is 8.20. The van der Waals surface area contributed by atoms with Gasteiger partial charge in [0.1, 0.15) is 5.75 Å². The van der Waals surface area contributed by atoms with Gasteiger partial charge in [0.15, 0.2) is 5.75 Å². The first-order valence-corrected chi connectivity index (χ1v) is 10.5. The molecule has 5 rings (SSSR count). The third-order valence-electron chi connectivity index (χ3n) is 5.07. The summed E-state index contributed by atoms with van der Waals surface area (Å²) in [6.45, 7) is 0. The number of ether oxygens (including phenoxy) is 2. The van der Waals surface area contributed by atoms with Crippen molar-refractivity contribution in [1.82, 2.24) is 19.7 Å². The predicted octanol–water partition coefficient (Wildman–Crippen LogP) is 4.58. The lowest BCUT2D eigenvalue weighted by Gasteiger charge is -2.12. The van der Waals surface area contributed by atoms with E-state index in [0.717, 1.165) is 23.9 Å². The van der Waals surface area contributed by atoms with Crippen LogP contribution in [0.3, 0.4) is 0 Å². The zero-order chi connectivity index (χ0) is 22.4. The van der Waals surface area contributed by atoms with Crippen LogP contribution in [0, 0.1) is 0 Å². The number of benzene rings is 2. The fourth-order valence-electron chi connectivity index (χ4n) is 3.49. The molecule has 0 radical (unpaired) electrons. The Kier molecular flexibility index (Phi) is 5.15. The molecule has 0 spiro atoms. The number of hydrogen-bond acceptors (Lipinski definition) is 7. The average Bonchev–Trinajstić information content (AvgIpc) is 3.39. The number of aromatic amines is 1. The summed E-state index contributed by atoms with van der Waals surface area (Å²) in [4.78, 5) is 30.0. The number of imidazole rings is 1. The lowest BCUT2D eigenvalue weighted by Crippen LogP contribution is -2.08. The quantitative estimate of drug-likeness (QED) is 0.390. The minimum atomic E-state index is -0.800. The van der Waals surface area contributed by atoms with E-state index in [9.17, 15) is 9.59 Å². The molecule has 1 saturated carbocycles. The van der Waals surface area contributed by atoms with Crippen LogP contribution in [0.2, 0.25) is 10.0 Å². The van der Waals surface area contributed by atoms with Crippen molar-refractivity contribution < 1.29 is 18.8 Å². The summed E-state index contributed by atoms with van der Waals surface area (Å²) in [5.41, 5.74) is 2.24. The number of nitrogens with one attached hydrogen (secondary N) is 1. The normalized spacial score (nSPS) is 13.5. The lowest BCUT2D eigenvalue weighted by atomic mass is 10.1. The summed E-state index contributed by atoms with van der Waals surface area (Å²) >= 11 is 12.8. The van der Waals surface area contributed by atoms with Crippen molar-refractivity contribution in [3.63, 3.8) is 0 Å². The summed E-state index contributed by atoms with van der Waals surface area (Å²) in [7, 11) is 1.60. The highest BCUT2D eigenvalue weighted by Gasteiger charge is 2.29. The molecule has 0 atom stereocenters. The van der Waals surface area contributed by atoms with Gasteiger partial charge in [-0.2, -0.15) is 4.98 Å². The Bertz CT molecular complexity index is 1380. The van der Waals surface area contributed by atoms with Gasteiger partial charge in [-0.1, -0.05) is 28.4 Å². The van der Waals surface area contributed by atoms with Crippen molar-refractivity contribution >= 4 is 40.0 Å². The maximum absolute atomic E-state index is 12.2. The monoisotopic (exact) mass is 474 g/mol. The molecule has 9 nitrogen and oxygen atoms in total. The van der Waals surface area contributed by atoms with E-state index in [1.807, 2.05) is 12.1 Å². The van der Waals surface area contributed by atoms with Crippen molar-refractivity contribution in [3.8, 4) is 17.5 Å². The standard InChI is InChI=1S/C21H16Cl2N4O5/c1-30-20-24-15-5-4-12(9-16(15)27(20)11-2-3-11)31-18-13(22)6-10(7-14(18)23)8-17(28)19-25-21(29)32-26-19/h4-7,9,11H,2-3,8H2,1H3,(H,25,26,29). The summed E-state index contributed by atoms with van der Waals surface area (Å²) in [6, 6.07) is 9.58. The summed E-state index contributed by atoms with van der Waals surface area (Å²) in [5, 5.41) is 3.86. The number of carbonyl (C=O) groups is 1. The molecular weight excluding hydrogens is 459 g/mol. The van der Waals surface area contributed by atoms with E-state index >= 15 is 0 Å². The smallest absolute Gasteiger partial charge is 0.439 e. The number of aromatic nitrogens is 4. The van der Waals surface area contributed by atoms with Crippen molar-refractivity contribution in [3.05, 3.63) is 62.3 Å². The minimum absolute atomic E-state index is 0.0749. The number of nitrogens with zero attached hydrogens (tertiary/aromatic N) is 3. The maximum atomic E-state index is 12.2. The lowest BCUT2D eigenvalue weighted by molar-refractivity contribution is 0.0980. The van der Waals surface area contributed by atoms with Crippen molar-refractivity contribution in [2.75, 3.05) is 7.11 Å². The summed E-state index contributed by atoms with van der Waals surface area (Å²) < 4.78 is 17.8. The van der Waals surface area contributed by atoms with Gasteiger partial charge >= 0.3 is 5.76 Å². The summed E-state index contributed by atoms with van der Waals surface area (Å²) in [5.74, 6) is -0.605. The zero-order valence-electron chi connectivity index (χ0n) is 16.7. The number of halogens is 2. The van der Waals surface area contributed by atoms with E-state index in [0.29, 0.717) is 23.4 Å². The Balaban J connectivity index is 1.41. The molecule has 4 aromatic rings. The molecule has 2 heterocycles. The van der Waals surface area contributed by atoms with Gasteiger partial charge in [-0.05, 0) is 42.7 Å². The van der Waals surface area contributed by atoms with E-state index in [2.05, 4.69) is 24.2 Å². The first kappa shape index (κ1) is 20.6. The molecule has 1 aliphatic carbocycles.